The Morgan fingerprint density at radius 1 is 1.44 bits per heavy atom. The van der Waals surface area contributed by atoms with Crippen molar-refractivity contribution >= 4 is 28.8 Å². The van der Waals surface area contributed by atoms with Gasteiger partial charge in [-0.2, -0.15) is 0 Å². The van der Waals surface area contributed by atoms with Gasteiger partial charge in [0.25, 0.3) is 5.69 Å². The van der Waals surface area contributed by atoms with E-state index in [-0.39, 0.29) is 5.69 Å². The molecule has 0 bridgehead atoms. The number of imidazole rings is 1. The van der Waals surface area contributed by atoms with Gasteiger partial charge in [0.15, 0.2) is 0 Å². The molecule has 0 saturated carbocycles. The monoisotopic (exact) mass is 349 g/mol. The molecular formula is C15H19N5O5. The normalized spacial score (nSPS) is 20.7. The molecule has 1 aliphatic heterocycles. The van der Waals surface area contributed by atoms with E-state index in [4.69, 9.17) is 5.11 Å². The number of nitro groups is 1. The van der Waals surface area contributed by atoms with Gasteiger partial charge >= 0.3 is 6.09 Å². The van der Waals surface area contributed by atoms with Crippen molar-refractivity contribution in [3.05, 3.63) is 27.8 Å². The van der Waals surface area contributed by atoms with Gasteiger partial charge in [-0.05, 0) is 19.4 Å². The Balaban J connectivity index is 1.98. The number of hydrogen-bond donors (Lipinski definition) is 3. The maximum Gasteiger partial charge on any atom is 0.404 e. The van der Waals surface area contributed by atoms with Crippen molar-refractivity contribution in [2.75, 3.05) is 18.0 Å². The first-order chi connectivity index (χ1) is 11.8. The first kappa shape index (κ1) is 17.0. The minimum Gasteiger partial charge on any atom is -0.465 e. The maximum absolute atomic E-state index is 11.1. The summed E-state index contributed by atoms with van der Waals surface area (Å²) in [6, 6.07) is 2.72. The molecule has 1 aromatic heterocycles. The summed E-state index contributed by atoms with van der Waals surface area (Å²) in [5, 5.41) is 32.4. The molecule has 1 aliphatic rings. The molecule has 10 nitrogen and oxygen atoms in total. The first-order valence-corrected chi connectivity index (χ1v) is 7.80. The highest BCUT2D eigenvalue weighted by atomic mass is 16.6. The molecule has 25 heavy (non-hydrogen) atoms. The average Bonchev–Trinajstić information content (AvgIpc) is 2.81. The zero-order valence-corrected chi connectivity index (χ0v) is 13.8. The molecule has 1 amide bonds. The summed E-state index contributed by atoms with van der Waals surface area (Å²) in [5.74, 6) is 0.533. The fraction of sp³-hybridized carbons (Fsp3) is 0.467. The third kappa shape index (κ3) is 3.20. The number of benzene rings is 1. The Morgan fingerprint density at radius 2 is 2.16 bits per heavy atom. The number of amides is 1. The lowest BCUT2D eigenvalue weighted by Gasteiger charge is -2.36. The van der Waals surface area contributed by atoms with Crippen LogP contribution in [0.25, 0.3) is 11.0 Å². The molecule has 0 radical (unpaired) electrons. The molecule has 0 aliphatic carbocycles. The van der Waals surface area contributed by atoms with Crippen LogP contribution in [-0.4, -0.2) is 56.0 Å². The van der Waals surface area contributed by atoms with Crippen LogP contribution in [0.15, 0.2) is 12.1 Å². The van der Waals surface area contributed by atoms with Gasteiger partial charge in [0.1, 0.15) is 0 Å². The smallest absolute Gasteiger partial charge is 0.404 e. The van der Waals surface area contributed by atoms with Crippen molar-refractivity contribution < 1.29 is 19.9 Å². The predicted molar refractivity (Wildman–Crippen MR) is 89.9 cm³/mol. The lowest BCUT2D eigenvalue weighted by Crippen LogP contribution is -2.53. The Kier molecular flexibility index (Phi) is 4.21. The molecule has 0 unspecified atom stereocenters. The SMILES string of the molecule is Cc1cc2c(cc1[N+](=O)[O-])nc(N1C[C@H](O)C[C@@H](NC(=O)O)C1)n2C. The van der Waals surface area contributed by atoms with E-state index in [1.165, 1.54) is 6.07 Å². The minimum absolute atomic E-state index is 0.00116. The van der Waals surface area contributed by atoms with Crippen LogP contribution in [0, 0.1) is 17.0 Å². The second-order valence-electron chi connectivity index (χ2n) is 6.30. The quantitative estimate of drug-likeness (QED) is 0.556. The number of nitro benzene ring substituents is 1. The Bertz CT molecular complexity index is 848. The number of aliphatic hydroxyl groups is 1. The van der Waals surface area contributed by atoms with Gasteiger partial charge in [-0.1, -0.05) is 0 Å². The number of fused-ring (bicyclic) bond motifs is 1. The fourth-order valence-electron chi connectivity index (χ4n) is 3.31. The largest absolute Gasteiger partial charge is 0.465 e. The van der Waals surface area contributed by atoms with Crippen LogP contribution in [0.3, 0.4) is 0 Å². The van der Waals surface area contributed by atoms with Crippen LogP contribution in [0.2, 0.25) is 0 Å². The van der Waals surface area contributed by atoms with E-state index in [2.05, 4.69) is 10.3 Å². The highest BCUT2D eigenvalue weighted by Gasteiger charge is 2.30. The Hall–Kier alpha value is -2.88. The number of carboxylic acid groups (broad SMARTS) is 1. The summed E-state index contributed by atoms with van der Waals surface area (Å²) in [5.41, 5.74) is 1.76. The van der Waals surface area contributed by atoms with E-state index >= 15 is 0 Å². The third-order valence-corrected chi connectivity index (χ3v) is 4.41. The predicted octanol–water partition coefficient (Wildman–Crippen LogP) is 0.997. The number of rotatable bonds is 3. The number of carbonyl (C=O) groups is 1. The van der Waals surface area contributed by atoms with Crippen molar-refractivity contribution in [2.45, 2.75) is 25.5 Å². The topological polar surface area (TPSA) is 134 Å². The highest BCUT2D eigenvalue weighted by Crippen LogP contribution is 2.29. The number of hydrogen-bond acceptors (Lipinski definition) is 6. The van der Waals surface area contributed by atoms with E-state index in [9.17, 15) is 20.0 Å². The van der Waals surface area contributed by atoms with E-state index in [1.807, 2.05) is 0 Å². The summed E-state index contributed by atoms with van der Waals surface area (Å²) in [4.78, 5) is 27.8. The second-order valence-corrected chi connectivity index (χ2v) is 6.30. The molecule has 2 atom stereocenters. The van der Waals surface area contributed by atoms with Crippen LogP contribution >= 0.6 is 0 Å². The number of aromatic nitrogens is 2. The lowest BCUT2D eigenvalue weighted by atomic mass is 10.0. The molecule has 1 aromatic carbocycles. The van der Waals surface area contributed by atoms with Crippen molar-refractivity contribution in [2.24, 2.45) is 7.05 Å². The van der Waals surface area contributed by atoms with Crippen LogP contribution in [-0.2, 0) is 7.05 Å². The molecule has 10 heteroatoms. The first-order valence-electron chi connectivity index (χ1n) is 7.80. The molecule has 0 spiro atoms. The number of piperidine rings is 1. The number of nitrogens with one attached hydrogen (secondary N) is 1. The number of nitrogens with zero attached hydrogens (tertiary/aromatic N) is 4. The molecule has 2 heterocycles. The molecule has 134 valence electrons. The molecule has 3 N–H and O–H groups in total. The summed E-state index contributed by atoms with van der Waals surface area (Å²) >= 11 is 0. The molecular weight excluding hydrogens is 330 g/mol. The van der Waals surface area contributed by atoms with Gasteiger partial charge in [-0.3, -0.25) is 10.1 Å². The van der Waals surface area contributed by atoms with Crippen molar-refractivity contribution in [3.8, 4) is 0 Å². The van der Waals surface area contributed by atoms with Gasteiger partial charge < -0.3 is 25.0 Å². The summed E-state index contributed by atoms with van der Waals surface area (Å²) in [6.07, 6.45) is -1.51. The van der Waals surface area contributed by atoms with E-state index < -0.39 is 23.2 Å². The van der Waals surface area contributed by atoms with E-state index in [1.54, 1.807) is 29.5 Å². The van der Waals surface area contributed by atoms with Gasteiger partial charge in [0.2, 0.25) is 5.95 Å². The highest BCUT2D eigenvalue weighted by molar-refractivity contribution is 5.82. The Morgan fingerprint density at radius 3 is 2.80 bits per heavy atom. The minimum atomic E-state index is -1.14. The number of β-amino-alcohol motifs (C(OH)–C–C–N with tert-alkyl or cyclic N) is 1. The van der Waals surface area contributed by atoms with Crippen LogP contribution in [0.1, 0.15) is 12.0 Å². The second kappa shape index (κ2) is 6.20. The summed E-state index contributed by atoms with van der Waals surface area (Å²) in [7, 11) is 1.79. The zero-order valence-electron chi connectivity index (χ0n) is 13.8. The van der Waals surface area contributed by atoms with Crippen molar-refractivity contribution in [1.29, 1.82) is 0 Å². The summed E-state index contributed by atoms with van der Waals surface area (Å²) in [6.45, 7) is 2.35. The number of aryl methyl sites for hydroxylation is 2. The van der Waals surface area contributed by atoms with Crippen LogP contribution in [0.5, 0.6) is 0 Å². The van der Waals surface area contributed by atoms with Crippen molar-refractivity contribution in [3.63, 3.8) is 0 Å². The maximum atomic E-state index is 11.1. The van der Waals surface area contributed by atoms with Crippen molar-refractivity contribution in [1.82, 2.24) is 14.9 Å². The number of anilines is 1. The number of aliphatic hydroxyl groups excluding tert-OH is 1. The molecule has 3 rings (SSSR count). The standard InChI is InChI=1S/C15H19N5O5/c1-8-3-13-11(5-12(8)20(24)25)17-14(18(13)2)19-6-9(16-15(22)23)4-10(21)7-19/h3,5,9-10,16,21H,4,6-7H2,1-2H3,(H,22,23)/t9-,10-/m1/s1. The van der Waals surface area contributed by atoms with Gasteiger partial charge in [0, 0.05) is 31.8 Å². The van der Waals surface area contributed by atoms with Crippen LogP contribution < -0.4 is 10.2 Å². The summed E-state index contributed by atoms with van der Waals surface area (Å²) < 4.78 is 1.79. The average molecular weight is 349 g/mol. The fourth-order valence-corrected chi connectivity index (χ4v) is 3.31. The van der Waals surface area contributed by atoms with E-state index in [0.29, 0.717) is 36.5 Å². The van der Waals surface area contributed by atoms with Crippen LogP contribution in [0.4, 0.5) is 16.4 Å². The Labute approximate surface area is 142 Å². The van der Waals surface area contributed by atoms with Gasteiger partial charge in [-0.15, -0.1) is 0 Å². The molecule has 2 aromatic rings. The van der Waals surface area contributed by atoms with Gasteiger partial charge in [-0.25, -0.2) is 9.78 Å². The van der Waals surface area contributed by atoms with Gasteiger partial charge in [0.05, 0.1) is 28.1 Å². The zero-order chi connectivity index (χ0) is 18.3. The molecule has 1 saturated heterocycles. The third-order valence-electron chi connectivity index (χ3n) is 4.41. The molecule has 1 fully saturated rings. The lowest BCUT2D eigenvalue weighted by molar-refractivity contribution is -0.385. The van der Waals surface area contributed by atoms with E-state index in [0.717, 1.165) is 5.52 Å².